The van der Waals surface area contributed by atoms with Gasteiger partial charge in [-0.2, -0.15) is 0 Å². The van der Waals surface area contributed by atoms with Crippen LogP contribution in [0.1, 0.15) is 23.0 Å². The number of carbonyl (C=O) groups excluding carboxylic acids is 2. The van der Waals surface area contributed by atoms with E-state index in [0.29, 0.717) is 12.2 Å². The number of nitrogens with one attached hydrogen (secondary N) is 2. The first-order valence-corrected chi connectivity index (χ1v) is 4.83. The van der Waals surface area contributed by atoms with Gasteiger partial charge in [-0.05, 0) is 18.6 Å². The first-order valence-electron chi connectivity index (χ1n) is 4.83. The lowest BCUT2D eigenvalue weighted by atomic mass is 10.2. The van der Waals surface area contributed by atoms with E-state index in [1.54, 1.807) is 19.2 Å². The van der Waals surface area contributed by atoms with Crippen LogP contribution in [0.25, 0.3) is 0 Å². The summed E-state index contributed by atoms with van der Waals surface area (Å²) in [6.45, 7) is 2.13. The number of amides is 1. The molecule has 1 unspecified atom stereocenters. The highest BCUT2D eigenvalue weighted by Gasteiger charge is 2.10. The highest BCUT2D eigenvalue weighted by Crippen LogP contribution is 2.04. The Bertz CT molecular complexity index is 386. The van der Waals surface area contributed by atoms with Gasteiger partial charge in [0.25, 0.3) is 0 Å². The molecule has 16 heavy (non-hydrogen) atoms. The van der Waals surface area contributed by atoms with Gasteiger partial charge in [0.2, 0.25) is 5.91 Å². The minimum absolute atomic E-state index is 0.381. The molecule has 0 radical (unpaired) electrons. The van der Waals surface area contributed by atoms with Crippen LogP contribution in [-0.2, 0) is 16.1 Å². The summed E-state index contributed by atoms with van der Waals surface area (Å²) in [4.78, 5) is 24.7. The van der Waals surface area contributed by atoms with Crippen LogP contribution in [0.15, 0.2) is 12.3 Å². The van der Waals surface area contributed by atoms with Crippen LogP contribution < -0.4 is 11.1 Å². The van der Waals surface area contributed by atoms with Gasteiger partial charge in [-0.3, -0.25) is 4.79 Å². The zero-order chi connectivity index (χ0) is 12.1. The summed E-state index contributed by atoms with van der Waals surface area (Å²) in [6, 6.07) is 1.25. The SMILES string of the molecule is COC(=O)c1cc(CNC(C)C(N)=O)c[nH]1. The van der Waals surface area contributed by atoms with Gasteiger partial charge in [-0.25, -0.2) is 4.79 Å². The molecule has 4 N–H and O–H groups in total. The van der Waals surface area contributed by atoms with Gasteiger partial charge in [0.15, 0.2) is 0 Å². The average Bonchev–Trinajstić information content (AvgIpc) is 2.73. The molecule has 1 rings (SSSR count). The number of hydrogen-bond acceptors (Lipinski definition) is 4. The van der Waals surface area contributed by atoms with Gasteiger partial charge in [0, 0.05) is 12.7 Å². The molecule has 1 amide bonds. The van der Waals surface area contributed by atoms with Gasteiger partial charge in [0.1, 0.15) is 5.69 Å². The van der Waals surface area contributed by atoms with E-state index in [1.807, 2.05) is 0 Å². The molecule has 0 fully saturated rings. The van der Waals surface area contributed by atoms with Crippen LogP contribution in [0.5, 0.6) is 0 Å². The zero-order valence-electron chi connectivity index (χ0n) is 9.24. The summed E-state index contributed by atoms with van der Waals surface area (Å²) in [7, 11) is 1.32. The minimum Gasteiger partial charge on any atom is -0.464 e. The summed E-state index contributed by atoms with van der Waals surface area (Å²) < 4.78 is 4.55. The quantitative estimate of drug-likeness (QED) is 0.603. The second-order valence-electron chi connectivity index (χ2n) is 3.42. The standard InChI is InChI=1S/C10H15N3O3/c1-6(9(11)14)12-4-7-3-8(13-5-7)10(15)16-2/h3,5-6,12-13H,4H2,1-2H3,(H2,11,14). The van der Waals surface area contributed by atoms with Crippen LogP contribution >= 0.6 is 0 Å². The zero-order valence-corrected chi connectivity index (χ0v) is 9.24. The van der Waals surface area contributed by atoms with E-state index < -0.39 is 17.9 Å². The summed E-state index contributed by atoms with van der Waals surface area (Å²) in [5, 5.41) is 2.92. The van der Waals surface area contributed by atoms with E-state index in [0.717, 1.165) is 5.56 Å². The van der Waals surface area contributed by atoms with E-state index in [-0.39, 0.29) is 0 Å². The molecule has 6 heteroatoms. The summed E-state index contributed by atoms with van der Waals surface area (Å²) in [5.41, 5.74) is 6.33. The second-order valence-corrected chi connectivity index (χ2v) is 3.42. The van der Waals surface area contributed by atoms with Crippen molar-refractivity contribution in [2.24, 2.45) is 5.73 Å². The summed E-state index contributed by atoms with van der Waals surface area (Å²) >= 11 is 0. The van der Waals surface area contributed by atoms with Gasteiger partial charge in [0.05, 0.1) is 13.2 Å². The topological polar surface area (TPSA) is 97.2 Å². The van der Waals surface area contributed by atoms with Gasteiger partial charge >= 0.3 is 5.97 Å². The van der Waals surface area contributed by atoms with Crippen LogP contribution in [0.2, 0.25) is 0 Å². The Balaban J connectivity index is 2.53. The molecular weight excluding hydrogens is 210 g/mol. The van der Waals surface area contributed by atoms with Gasteiger partial charge < -0.3 is 20.8 Å². The number of hydrogen-bond donors (Lipinski definition) is 3. The van der Waals surface area contributed by atoms with Crippen molar-refractivity contribution in [3.63, 3.8) is 0 Å². The average molecular weight is 225 g/mol. The Morgan fingerprint density at radius 3 is 2.88 bits per heavy atom. The van der Waals surface area contributed by atoms with Crippen molar-refractivity contribution in [2.75, 3.05) is 7.11 Å². The van der Waals surface area contributed by atoms with Crippen molar-refractivity contribution < 1.29 is 14.3 Å². The third-order valence-electron chi connectivity index (χ3n) is 2.19. The molecular formula is C10H15N3O3. The first kappa shape index (κ1) is 12.3. The molecule has 0 aliphatic rings. The number of esters is 1. The van der Waals surface area contributed by atoms with E-state index in [4.69, 9.17) is 5.73 Å². The summed E-state index contributed by atoms with van der Waals surface area (Å²) in [6.07, 6.45) is 1.67. The number of primary amides is 1. The molecule has 0 bridgehead atoms. The van der Waals surface area contributed by atoms with Crippen molar-refractivity contribution in [2.45, 2.75) is 19.5 Å². The van der Waals surface area contributed by atoms with Crippen LogP contribution in [-0.4, -0.2) is 30.0 Å². The largest absolute Gasteiger partial charge is 0.464 e. The molecule has 1 heterocycles. The predicted octanol–water partition coefficient (Wildman–Crippen LogP) is -0.235. The third-order valence-corrected chi connectivity index (χ3v) is 2.19. The number of aromatic amines is 1. The maximum Gasteiger partial charge on any atom is 0.354 e. The fourth-order valence-electron chi connectivity index (χ4n) is 1.14. The number of carbonyl (C=O) groups is 2. The maximum absolute atomic E-state index is 11.1. The van der Waals surface area contributed by atoms with Gasteiger partial charge in [-0.15, -0.1) is 0 Å². The Labute approximate surface area is 93.2 Å². The van der Waals surface area contributed by atoms with E-state index in [2.05, 4.69) is 15.0 Å². The smallest absolute Gasteiger partial charge is 0.354 e. The highest BCUT2D eigenvalue weighted by atomic mass is 16.5. The lowest BCUT2D eigenvalue weighted by molar-refractivity contribution is -0.119. The number of ether oxygens (including phenoxy) is 1. The van der Waals surface area contributed by atoms with Crippen molar-refractivity contribution >= 4 is 11.9 Å². The lowest BCUT2D eigenvalue weighted by Gasteiger charge is -2.07. The number of H-pyrrole nitrogens is 1. The molecule has 1 atom stereocenters. The third kappa shape index (κ3) is 3.09. The predicted molar refractivity (Wildman–Crippen MR) is 57.6 cm³/mol. The van der Waals surface area contributed by atoms with Crippen LogP contribution in [0, 0.1) is 0 Å². The first-order chi connectivity index (χ1) is 7.54. The number of rotatable bonds is 5. The monoisotopic (exact) mass is 225 g/mol. The Kier molecular flexibility index (Phi) is 4.07. The number of aromatic nitrogens is 1. The Morgan fingerprint density at radius 2 is 2.31 bits per heavy atom. The van der Waals surface area contributed by atoms with Crippen molar-refractivity contribution in [3.05, 3.63) is 23.5 Å². The molecule has 0 aliphatic carbocycles. The van der Waals surface area contributed by atoms with E-state index in [1.165, 1.54) is 7.11 Å². The fraction of sp³-hybridized carbons (Fsp3) is 0.400. The molecule has 0 saturated carbocycles. The number of nitrogens with two attached hydrogens (primary N) is 1. The second kappa shape index (κ2) is 5.32. The normalized spacial score (nSPS) is 12.1. The molecule has 1 aromatic heterocycles. The molecule has 0 spiro atoms. The van der Waals surface area contributed by atoms with Crippen molar-refractivity contribution in [1.29, 1.82) is 0 Å². The van der Waals surface area contributed by atoms with Crippen LogP contribution in [0.4, 0.5) is 0 Å². The highest BCUT2D eigenvalue weighted by molar-refractivity contribution is 5.87. The maximum atomic E-state index is 11.1. The van der Waals surface area contributed by atoms with Crippen molar-refractivity contribution in [3.8, 4) is 0 Å². The van der Waals surface area contributed by atoms with Crippen molar-refractivity contribution in [1.82, 2.24) is 10.3 Å². The summed E-state index contributed by atoms with van der Waals surface area (Å²) in [5.74, 6) is -0.835. The Morgan fingerprint density at radius 1 is 1.62 bits per heavy atom. The lowest BCUT2D eigenvalue weighted by Crippen LogP contribution is -2.38. The van der Waals surface area contributed by atoms with Crippen LogP contribution in [0.3, 0.4) is 0 Å². The molecule has 6 nitrogen and oxygen atoms in total. The molecule has 1 aromatic rings. The fourth-order valence-corrected chi connectivity index (χ4v) is 1.14. The number of methoxy groups -OCH3 is 1. The molecule has 88 valence electrons. The Hall–Kier alpha value is -1.82. The minimum atomic E-state index is -0.422. The molecule has 0 saturated heterocycles. The van der Waals surface area contributed by atoms with E-state index >= 15 is 0 Å². The molecule has 0 aliphatic heterocycles. The van der Waals surface area contributed by atoms with Gasteiger partial charge in [-0.1, -0.05) is 0 Å². The van der Waals surface area contributed by atoms with E-state index in [9.17, 15) is 9.59 Å². The molecule has 0 aromatic carbocycles.